The van der Waals surface area contributed by atoms with Gasteiger partial charge in [0, 0.05) is 17.3 Å². The Morgan fingerprint density at radius 2 is 2.16 bits per heavy atom. The largest absolute Gasteiger partial charge is 0.471 e. The lowest BCUT2D eigenvalue weighted by Gasteiger charge is -2.32. The molecule has 1 aromatic carbocycles. The van der Waals surface area contributed by atoms with Crippen molar-refractivity contribution in [3.8, 4) is 5.88 Å². The third kappa shape index (κ3) is 2.87. The average molecular weight is 335 g/mol. The first kappa shape index (κ1) is 15.4. The molecule has 1 aliphatic rings. The summed E-state index contributed by atoms with van der Waals surface area (Å²) in [7, 11) is 0. The summed E-state index contributed by atoms with van der Waals surface area (Å²) in [6.07, 6.45) is 1.51. The number of H-pyrrole nitrogens is 1. The van der Waals surface area contributed by atoms with E-state index in [1.54, 1.807) is 29.3 Å². The van der Waals surface area contributed by atoms with Gasteiger partial charge in [-0.05, 0) is 36.6 Å². The van der Waals surface area contributed by atoms with Crippen LogP contribution in [-0.4, -0.2) is 28.5 Å². The minimum atomic E-state index is -0.236. The molecule has 0 fully saturated rings. The minimum absolute atomic E-state index is 0.0290. The molecule has 0 bridgehead atoms. The zero-order valence-electron chi connectivity index (χ0n) is 13.7. The van der Waals surface area contributed by atoms with Crippen molar-refractivity contribution >= 4 is 22.5 Å². The molecule has 1 atom stereocenters. The first-order valence-electron chi connectivity index (χ1n) is 8.15. The van der Waals surface area contributed by atoms with Gasteiger partial charge < -0.3 is 14.6 Å². The Labute approximate surface area is 144 Å². The van der Waals surface area contributed by atoms with E-state index in [2.05, 4.69) is 9.97 Å². The molecule has 0 aliphatic carbocycles. The molecule has 3 heterocycles. The van der Waals surface area contributed by atoms with E-state index in [1.165, 1.54) is 0 Å². The monoisotopic (exact) mass is 335 g/mol. The molecule has 0 saturated heterocycles. The summed E-state index contributed by atoms with van der Waals surface area (Å²) >= 11 is 0. The topological polar surface area (TPSA) is 75.3 Å². The maximum atomic E-state index is 12.9. The molecule has 1 N–H and O–H groups in total. The average Bonchev–Trinajstić information content (AvgIpc) is 2.61. The summed E-state index contributed by atoms with van der Waals surface area (Å²) in [5.74, 6) is 0.298. The predicted octanol–water partition coefficient (Wildman–Crippen LogP) is 2.28. The number of para-hydroxylation sites is 1. The van der Waals surface area contributed by atoms with Crippen molar-refractivity contribution in [2.75, 3.05) is 11.4 Å². The number of amides is 1. The van der Waals surface area contributed by atoms with Gasteiger partial charge in [-0.3, -0.25) is 9.59 Å². The van der Waals surface area contributed by atoms with E-state index in [1.807, 2.05) is 31.2 Å². The lowest BCUT2D eigenvalue weighted by atomic mass is 10.1. The second kappa shape index (κ2) is 6.05. The van der Waals surface area contributed by atoms with Crippen LogP contribution in [0.1, 0.15) is 12.5 Å². The highest BCUT2D eigenvalue weighted by atomic mass is 16.5. The van der Waals surface area contributed by atoms with E-state index in [9.17, 15) is 9.59 Å². The maximum Gasteiger partial charge on any atom is 0.252 e. The van der Waals surface area contributed by atoms with Crippen LogP contribution in [0, 0.1) is 0 Å². The highest BCUT2D eigenvalue weighted by Crippen LogP contribution is 2.31. The number of carbonyl (C=O) groups excluding carboxylic acids is 1. The van der Waals surface area contributed by atoms with Crippen LogP contribution < -0.4 is 15.2 Å². The minimum Gasteiger partial charge on any atom is -0.471 e. The number of hydrogen-bond donors (Lipinski definition) is 1. The molecule has 1 amide bonds. The van der Waals surface area contributed by atoms with E-state index in [0.29, 0.717) is 23.7 Å². The smallest absolute Gasteiger partial charge is 0.252 e. The fourth-order valence-electron chi connectivity index (χ4n) is 3.08. The van der Waals surface area contributed by atoms with Crippen molar-refractivity contribution in [1.82, 2.24) is 9.97 Å². The second-order valence-electron chi connectivity index (χ2n) is 6.15. The molecule has 0 unspecified atom stereocenters. The SMILES string of the molecule is C[C@@H]1CN(C(=O)Cc2cc3ccccc3[nH]c2=O)c2cccnc2O1. The molecule has 1 aliphatic heterocycles. The van der Waals surface area contributed by atoms with Gasteiger partial charge in [-0.15, -0.1) is 0 Å². The van der Waals surface area contributed by atoms with E-state index < -0.39 is 0 Å². The summed E-state index contributed by atoms with van der Waals surface area (Å²) in [6, 6.07) is 12.9. The molecular weight excluding hydrogens is 318 g/mol. The molecule has 126 valence electrons. The van der Waals surface area contributed by atoms with Gasteiger partial charge in [-0.1, -0.05) is 18.2 Å². The number of fused-ring (bicyclic) bond motifs is 2. The van der Waals surface area contributed by atoms with Crippen molar-refractivity contribution in [2.24, 2.45) is 0 Å². The Hall–Kier alpha value is -3.15. The predicted molar refractivity (Wildman–Crippen MR) is 95.0 cm³/mol. The first-order valence-corrected chi connectivity index (χ1v) is 8.15. The Kier molecular flexibility index (Phi) is 3.72. The van der Waals surface area contributed by atoms with Gasteiger partial charge in [0.15, 0.2) is 0 Å². The Balaban J connectivity index is 1.67. The molecule has 0 radical (unpaired) electrons. The van der Waals surface area contributed by atoms with Crippen LogP contribution in [0.5, 0.6) is 5.88 Å². The third-order valence-corrected chi connectivity index (χ3v) is 4.27. The number of aromatic amines is 1. The normalized spacial score (nSPS) is 16.4. The molecule has 3 aromatic rings. The number of aromatic nitrogens is 2. The molecule has 6 nitrogen and oxygen atoms in total. The molecular formula is C19H17N3O3. The van der Waals surface area contributed by atoms with Crippen molar-refractivity contribution < 1.29 is 9.53 Å². The zero-order valence-corrected chi connectivity index (χ0v) is 13.7. The number of nitrogens with zero attached hydrogens (tertiary/aromatic N) is 2. The van der Waals surface area contributed by atoms with Crippen molar-refractivity contribution in [2.45, 2.75) is 19.4 Å². The van der Waals surface area contributed by atoms with Crippen molar-refractivity contribution in [3.63, 3.8) is 0 Å². The van der Waals surface area contributed by atoms with Gasteiger partial charge in [0.05, 0.1) is 13.0 Å². The molecule has 2 aromatic heterocycles. The van der Waals surface area contributed by atoms with Gasteiger partial charge in [0.2, 0.25) is 11.8 Å². The summed E-state index contributed by atoms with van der Waals surface area (Å²) < 4.78 is 5.67. The highest BCUT2D eigenvalue weighted by Gasteiger charge is 2.28. The van der Waals surface area contributed by atoms with E-state index in [0.717, 1.165) is 10.9 Å². The quantitative estimate of drug-likeness (QED) is 0.779. The number of carbonyl (C=O) groups is 1. The van der Waals surface area contributed by atoms with Crippen LogP contribution in [-0.2, 0) is 11.2 Å². The van der Waals surface area contributed by atoms with Crippen LogP contribution in [0.15, 0.2) is 53.5 Å². The third-order valence-electron chi connectivity index (χ3n) is 4.27. The van der Waals surface area contributed by atoms with E-state index >= 15 is 0 Å². The fourth-order valence-corrected chi connectivity index (χ4v) is 3.08. The van der Waals surface area contributed by atoms with Gasteiger partial charge in [0.1, 0.15) is 11.8 Å². The maximum absolute atomic E-state index is 12.9. The molecule has 4 rings (SSSR count). The Morgan fingerprint density at radius 1 is 1.32 bits per heavy atom. The van der Waals surface area contributed by atoms with Gasteiger partial charge in [0.25, 0.3) is 5.56 Å². The van der Waals surface area contributed by atoms with E-state index in [4.69, 9.17) is 4.74 Å². The summed E-state index contributed by atoms with van der Waals surface area (Å²) in [5.41, 5.74) is 1.62. The molecule has 0 saturated carbocycles. The molecule has 25 heavy (non-hydrogen) atoms. The number of nitrogens with one attached hydrogen (secondary N) is 1. The number of ether oxygens (including phenoxy) is 1. The molecule has 6 heteroatoms. The zero-order chi connectivity index (χ0) is 17.4. The van der Waals surface area contributed by atoms with Gasteiger partial charge in [-0.2, -0.15) is 0 Å². The van der Waals surface area contributed by atoms with Crippen LogP contribution in [0.4, 0.5) is 5.69 Å². The summed E-state index contributed by atoms with van der Waals surface area (Å²) in [5, 5.41) is 0.905. The standard InChI is InChI=1S/C19H17N3O3/c1-12-11-22(16-7-4-8-20-19(16)25-12)17(23)10-14-9-13-5-2-3-6-15(13)21-18(14)24/h2-9,12H,10-11H2,1H3,(H,21,24)/t12-/m1/s1. The lowest BCUT2D eigenvalue weighted by Crippen LogP contribution is -2.43. The summed E-state index contributed by atoms with van der Waals surface area (Å²) in [6.45, 7) is 2.32. The number of hydrogen-bond acceptors (Lipinski definition) is 4. The lowest BCUT2D eigenvalue weighted by molar-refractivity contribution is -0.118. The second-order valence-corrected chi connectivity index (χ2v) is 6.15. The van der Waals surface area contributed by atoms with Crippen LogP contribution in [0.2, 0.25) is 0 Å². The van der Waals surface area contributed by atoms with Crippen molar-refractivity contribution in [1.29, 1.82) is 0 Å². The van der Waals surface area contributed by atoms with Crippen LogP contribution in [0.25, 0.3) is 10.9 Å². The number of anilines is 1. The summed E-state index contributed by atoms with van der Waals surface area (Å²) in [4.78, 5) is 33.8. The highest BCUT2D eigenvalue weighted by molar-refractivity contribution is 5.96. The number of rotatable bonds is 2. The van der Waals surface area contributed by atoms with Crippen molar-refractivity contribution in [3.05, 3.63) is 64.6 Å². The Morgan fingerprint density at radius 3 is 3.04 bits per heavy atom. The van der Waals surface area contributed by atoms with Crippen LogP contribution >= 0.6 is 0 Å². The Bertz CT molecular complexity index is 1010. The van der Waals surface area contributed by atoms with Gasteiger partial charge >= 0.3 is 0 Å². The van der Waals surface area contributed by atoms with Gasteiger partial charge in [-0.25, -0.2) is 4.98 Å². The number of benzene rings is 1. The molecule has 0 spiro atoms. The van der Waals surface area contributed by atoms with E-state index in [-0.39, 0.29) is 24.0 Å². The van der Waals surface area contributed by atoms with Crippen LogP contribution in [0.3, 0.4) is 0 Å². The fraction of sp³-hybridized carbons (Fsp3) is 0.211. The number of pyridine rings is 2. The first-order chi connectivity index (χ1) is 12.1.